The molecule has 0 radical (unpaired) electrons. The van der Waals surface area contributed by atoms with E-state index in [0.717, 1.165) is 16.1 Å². The van der Waals surface area contributed by atoms with Crippen LogP contribution >= 0.6 is 11.3 Å². The number of carbonyl (C=O) groups is 2. The summed E-state index contributed by atoms with van der Waals surface area (Å²) in [4.78, 5) is 28.5. The average molecular weight is 390 g/mol. The van der Waals surface area contributed by atoms with Gasteiger partial charge >= 0.3 is 0 Å². The first kappa shape index (κ1) is 18.0. The zero-order chi connectivity index (χ0) is 19.7. The average Bonchev–Trinajstić information content (AvgIpc) is 3.29. The minimum atomic E-state index is -0.386. The highest BCUT2D eigenvalue weighted by Gasteiger charge is 2.40. The van der Waals surface area contributed by atoms with E-state index in [0.29, 0.717) is 17.0 Å². The highest BCUT2D eigenvalue weighted by molar-refractivity contribution is 7.11. The molecule has 1 aliphatic heterocycles. The summed E-state index contributed by atoms with van der Waals surface area (Å²) >= 11 is 1.43. The number of thiophene rings is 1. The topological polar surface area (TPSA) is 58.6 Å². The maximum absolute atomic E-state index is 13.3. The summed E-state index contributed by atoms with van der Waals surface area (Å²) in [6.45, 7) is 1.98. The Morgan fingerprint density at radius 1 is 0.964 bits per heavy atom. The molecular formula is C22H18N2O3S. The molecule has 0 aliphatic carbocycles. The molecule has 2 aromatic carbocycles. The van der Waals surface area contributed by atoms with E-state index in [2.05, 4.69) is 5.32 Å². The lowest BCUT2D eigenvalue weighted by Gasteiger charge is -2.16. The number of hydrogen-bond acceptors (Lipinski definition) is 5. The molecule has 0 spiro atoms. The predicted octanol–water partition coefficient (Wildman–Crippen LogP) is 4.46. The standard InChI is InChI=1S/C22H18N2O3S/c1-14-6-3-7-15(12-14)23-20-19(18-10-5-11-28-18)21(25)24(22(20)26)16-8-4-9-17(13-16)27-2/h3-13,23H,1-2H3. The molecule has 0 unspecified atom stereocenters. The summed E-state index contributed by atoms with van der Waals surface area (Å²) in [5.41, 5.74) is 2.96. The maximum atomic E-state index is 13.3. The van der Waals surface area contributed by atoms with E-state index < -0.39 is 0 Å². The fourth-order valence-corrected chi connectivity index (χ4v) is 3.91. The van der Waals surface area contributed by atoms with Crippen molar-refractivity contribution in [2.24, 2.45) is 0 Å². The largest absolute Gasteiger partial charge is 0.497 e. The smallest absolute Gasteiger partial charge is 0.282 e. The van der Waals surface area contributed by atoms with Crippen molar-refractivity contribution in [3.05, 3.63) is 82.2 Å². The number of anilines is 2. The number of rotatable bonds is 5. The van der Waals surface area contributed by atoms with E-state index in [-0.39, 0.29) is 17.5 Å². The predicted molar refractivity (Wildman–Crippen MR) is 112 cm³/mol. The molecule has 0 bridgehead atoms. The number of nitrogens with zero attached hydrogens (tertiary/aromatic N) is 1. The molecule has 0 saturated heterocycles. The zero-order valence-corrected chi connectivity index (χ0v) is 16.2. The van der Waals surface area contributed by atoms with Gasteiger partial charge < -0.3 is 10.1 Å². The van der Waals surface area contributed by atoms with Crippen LogP contribution in [0.4, 0.5) is 11.4 Å². The number of imide groups is 1. The van der Waals surface area contributed by atoms with Crippen molar-refractivity contribution >= 4 is 40.1 Å². The molecule has 28 heavy (non-hydrogen) atoms. The molecule has 0 fully saturated rings. The molecule has 0 atom stereocenters. The molecule has 1 N–H and O–H groups in total. The number of ether oxygens (including phenoxy) is 1. The Kier molecular flexibility index (Phi) is 4.71. The van der Waals surface area contributed by atoms with Crippen molar-refractivity contribution < 1.29 is 14.3 Å². The van der Waals surface area contributed by atoms with Gasteiger partial charge in [-0.1, -0.05) is 24.3 Å². The lowest BCUT2D eigenvalue weighted by atomic mass is 10.1. The Labute approximate surface area is 166 Å². The van der Waals surface area contributed by atoms with Gasteiger partial charge in [-0.2, -0.15) is 0 Å². The van der Waals surface area contributed by atoms with Crippen LogP contribution in [0.3, 0.4) is 0 Å². The third-order valence-electron chi connectivity index (χ3n) is 4.45. The van der Waals surface area contributed by atoms with Crippen molar-refractivity contribution in [1.82, 2.24) is 0 Å². The zero-order valence-electron chi connectivity index (χ0n) is 15.4. The number of amides is 2. The molecule has 2 amide bonds. The number of methoxy groups -OCH3 is 1. The normalized spacial score (nSPS) is 14.0. The van der Waals surface area contributed by atoms with Gasteiger partial charge in [0.25, 0.3) is 11.8 Å². The number of hydrogen-bond donors (Lipinski definition) is 1. The molecular weight excluding hydrogens is 372 g/mol. The second kappa shape index (κ2) is 7.32. The molecule has 1 aromatic heterocycles. The maximum Gasteiger partial charge on any atom is 0.282 e. The second-order valence-corrected chi connectivity index (χ2v) is 7.32. The van der Waals surface area contributed by atoms with Gasteiger partial charge in [0.1, 0.15) is 11.4 Å². The van der Waals surface area contributed by atoms with E-state index in [1.54, 1.807) is 31.4 Å². The highest BCUT2D eigenvalue weighted by Crippen LogP contribution is 2.36. The van der Waals surface area contributed by atoms with Crippen LogP contribution in [0.1, 0.15) is 10.4 Å². The molecule has 4 rings (SSSR count). The summed E-state index contributed by atoms with van der Waals surface area (Å²) < 4.78 is 5.24. The molecule has 3 aromatic rings. The van der Waals surface area contributed by atoms with E-state index in [4.69, 9.17) is 4.74 Å². The summed E-state index contributed by atoms with van der Waals surface area (Å²) in [6.07, 6.45) is 0. The van der Waals surface area contributed by atoms with Gasteiger partial charge in [0, 0.05) is 16.6 Å². The van der Waals surface area contributed by atoms with Crippen molar-refractivity contribution in [2.75, 3.05) is 17.3 Å². The van der Waals surface area contributed by atoms with Crippen molar-refractivity contribution in [2.45, 2.75) is 6.92 Å². The van der Waals surface area contributed by atoms with E-state index >= 15 is 0 Å². The summed E-state index contributed by atoms with van der Waals surface area (Å²) in [7, 11) is 1.55. The Morgan fingerprint density at radius 3 is 2.50 bits per heavy atom. The van der Waals surface area contributed by atoms with Crippen LogP contribution in [0.2, 0.25) is 0 Å². The fourth-order valence-electron chi connectivity index (χ4n) is 3.15. The molecule has 0 saturated carbocycles. The molecule has 2 heterocycles. The Bertz CT molecular complexity index is 1090. The van der Waals surface area contributed by atoms with E-state index in [1.807, 2.05) is 48.7 Å². The van der Waals surface area contributed by atoms with Crippen LogP contribution in [-0.2, 0) is 9.59 Å². The Morgan fingerprint density at radius 2 is 1.79 bits per heavy atom. The summed E-state index contributed by atoms with van der Waals surface area (Å²) in [6, 6.07) is 18.3. The first-order valence-electron chi connectivity index (χ1n) is 8.73. The number of nitrogens with one attached hydrogen (secondary N) is 1. The van der Waals surface area contributed by atoms with E-state index in [1.165, 1.54) is 16.2 Å². The van der Waals surface area contributed by atoms with Gasteiger partial charge in [-0.15, -0.1) is 11.3 Å². The minimum absolute atomic E-state index is 0.279. The highest BCUT2D eigenvalue weighted by atomic mass is 32.1. The lowest BCUT2D eigenvalue weighted by molar-refractivity contribution is -0.120. The molecule has 6 heteroatoms. The first-order chi connectivity index (χ1) is 13.6. The third kappa shape index (κ3) is 3.18. The van der Waals surface area contributed by atoms with E-state index in [9.17, 15) is 9.59 Å². The second-order valence-electron chi connectivity index (χ2n) is 6.37. The number of aryl methyl sites for hydroxylation is 1. The van der Waals surface area contributed by atoms with Crippen molar-refractivity contribution in [1.29, 1.82) is 0 Å². The molecule has 5 nitrogen and oxygen atoms in total. The Balaban J connectivity index is 1.79. The van der Waals surface area contributed by atoms with Gasteiger partial charge in [0.2, 0.25) is 0 Å². The number of carbonyl (C=O) groups excluding carboxylic acids is 2. The Hall–Kier alpha value is -3.38. The molecule has 140 valence electrons. The van der Waals surface area contributed by atoms with Crippen LogP contribution in [0, 0.1) is 6.92 Å². The van der Waals surface area contributed by atoms with Gasteiger partial charge in [0.05, 0.1) is 18.4 Å². The molecule has 1 aliphatic rings. The van der Waals surface area contributed by atoms with Crippen molar-refractivity contribution in [3.63, 3.8) is 0 Å². The third-order valence-corrected chi connectivity index (χ3v) is 5.34. The first-order valence-corrected chi connectivity index (χ1v) is 9.61. The van der Waals surface area contributed by atoms with Crippen LogP contribution in [0.15, 0.2) is 71.7 Å². The fraction of sp³-hybridized carbons (Fsp3) is 0.0909. The van der Waals surface area contributed by atoms with Crippen LogP contribution in [0.5, 0.6) is 5.75 Å². The van der Waals surface area contributed by atoms with Crippen LogP contribution in [-0.4, -0.2) is 18.9 Å². The van der Waals surface area contributed by atoms with Crippen LogP contribution in [0.25, 0.3) is 5.57 Å². The lowest BCUT2D eigenvalue weighted by Crippen LogP contribution is -2.32. The van der Waals surface area contributed by atoms with Gasteiger partial charge in [-0.3, -0.25) is 9.59 Å². The summed E-state index contributed by atoms with van der Waals surface area (Å²) in [5, 5.41) is 5.06. The van der Waals surface area contributed by atoms with Crippen LogP contribution < -0.4 is 15.0 Å². The number of benzene rings is 2. The van der Waals surface area contributed by atoms with Gasteiger partial charge in [-0.25, -0.2) is 4.90 Å². The quantitative estimate of drug-likeness (QED) is 0.654. The SMILES string of the molecule is COc1cccc(N2C(=O)C(Nc3cccc(C)c3)=C(c3cccs3)C2=O)c1. The minimum Gasteiger partial charge on any atom is -0.497 e. The van der Waals surface area contributed by atoms with Gasteiger partial charge in [-0.05, 0) is 48.2 Å². The summed E-state index contributed by atoms with van der Waals surface area (Å²) in [5.74, 6) is -0.158. The van der Waals surface area contributed by atoms with Gasteiger partial charge in [0.15, 0.2) is 0 Å². The van der Waals surface area contributed by atoms with Crippen molar-refractivity contribution in [3.8, 4) is 5.75 Å². The monoisotopic (exact) mass is 390 g/mol.